The molecule has 1 unspecified atom stereocenters. The van der Waals surface area contributed by atoms with Gasteiger partial charge >= 0.3 is 218 Å². The van der Waals surface area contributed by atoms with Crippen molar-refractivity contribution in [3.8, 4) is 11.1 Å². The molecule has 0 bridgehead atoms. The quantitative estimate of drug-likeness (QED) is 0.385. The van der Waals surface area contributed by atoms with Gasteiger partial charge in [-0.25, -0.2) is 0 Å². The molecule has 1 N–H and O–H groups in total. The summed E-state index contributed by atoms with van der Waals surface area (Å²) >= 11 is 2.51. The molecule has 35 heavy (non-hydrogen) atoms. The Morgan fingerprint density at radius 2 is 1.91 bits per heavy atom. The first-order valence-electron chi connectivity index (χ1n) is 12.1. The number of pyridine rings is 1. The van der Waals surface area contributed by atoms with Crippen LogP contribution in [0.5, 0.6) is 0 Å². The second-order valence-corrected chi connectivity index (χ2v) is 9.34. The Morgan fingerprint density at radius 1 is 1.09 bits per heavy atom. The van der Waals surface area contributed by atoms with E-state index in [1.54, 1.807) is 12.4 Å². The van der Waals surface area contributed by atoms with E-state index in [4.69, 9.17) is 0 Å². The molecular formula is C30H31N3OV. The summed E-state index contributed by atoms with van der Waals surface area (Å²) in [6, 6.07) is 20.2. The zero-order chi connectivity index (χ0) is 24.6. The summed E-state index contributed by atoms with van der Waals surface area (Å²) in [6.07, 6.45) is 12.0. The van der Waals surface area contributed by atoms with Gasteiger partial charge in [0.1, 0.15) is 0 Å². The molecule has 0 saturated heterocycles. The van der Waals surface area contributed by atoms with Crippen LogP contribution in [-0.2, 0) is 21.8 Å². The van der Waals surface area contributed by atoms with E-state index in [-0.39, 0.29) is 11.8 Å². The Hall–Kier alpha value is -3.21. The van der Waals surface area contributed by atoms with Gasteiger partial charge in [0.2, 0.25) is 0 Å². The van der Waals surface area contributed by atoms with Gasteiger partial charge in [-0.15, -0.1) is 0 Å². The summed E-state index contributed by atoms with van der Waals surface area (Å²) in [6.45, 7) is 4.90. The number of hydrogen-bond donors (Lipinski definition) is 1. The first-order valence-corrected chi connectivity index (χ1v) is 12.9. The van der Waals surface area contributed by atoms with Gasteiger partial charge in [-0.1, -0.05) is 0 Å². The first-order chi connectivity index (χ1) is 17.1. The second-order valence-electron chi connectivity index (χ2n) is 8.98. The van der Waals surface area contributed by atoms with Crippen molar-refractivity contribution < 1.29 is 21.8 Å². The Morgan fingerprint density at radius 3 is 2.57 bits per heavy atom. The average Bonchev–Trinajstić information content (AvgIpc) is 2.91. The summed E-state index contributed by atoms with van der Waals surface area (Å²) in [7, 11) is 0. The van der Waals surface area contributed by atoms with Crippen molar-refractivity contribution in [3.05, 3.63) is 108 Å². The van der Waals surface area contributed by atoms with Crippen molar-refractivity contribution in [3.63, 3.8) is 0 Å². The molecule has 0 spiro atoms. The molecule has 3 aromatic rings. The molecule has 4 rings (SSSR count). The second kappa shape index (κ2) is 12.0. The number of benzene rings is 2. The van der Waals surface area contributed by atoms with Crippen molar-refractivity contribution in [1.82, 2.24) is 10.3 Å². The normalized spacial score (nSPS) is 13.7. The van der Waals surface area contributed by atoms with Crippen molar-refractivity contribution in [2.24, 2.45) is 0 Å². The SMILES string of the molecule is CC(C)c1cc(-c2ccccc2)ccc1N([CH]=[V])C(C(=O)NCC1=CCCC=C1)c1cccnc1. The van der Waals surface area contributed by atoms with Gasteiger partial charge in [0.05, 0.1) is 0 Å². The Bertz CT molecular complexity index is 1220. The van der Waals surface area contributed by atoms with E-state index in [9.17, 15) is 4.79 Å². The monoisotopic (exact) mass is 500 g/mol. The molecule has 0 aliphatic heterocycles. The Labute approximate surface area is 217 Å². The summed E-state index contributed by atoms with van der Waals surface area (Å²) < 4.78 is 0. The number of allylic oxidation sites excluding steroid dienone is 2. The molecular weight excluding hydrogens is 469 g/mol. The minimum absolute atomic E-state index is 0.0537. The van der Waals surface area contributed by atoms with Crippen LogP contribution < -0.4 is 10.2 Å². The van der Waals surface area contributed by atoms with Crippen molar-refractivity contribution in [1.29, 1.82) is 0 Å². The number of amides is 1. The van der Waals surface area contributed by atoms with Crippen LogP contribution >= 0.6 is 0 Å². The van der Waals surface area contributed by atoms with Gasteiger partial charge in [-0.2, -0.15) is 0 Å². The van der Waals surface area contributed by atoms with Crippen molar-refractivity contribution >= 4 is 16.4 Å². The number of carbonyl (C=O) groups is 1. The van der Waals surface area contributed by atoms with Gasteiger partial charge in [-0.05, 0) is 0 Å². The standard InChI is InChI=1S/C30H31N3O.V/c1-22(2)27-19-25(24-13-8-5-9-14-24)16-17-28(27)33(3)29(26-15-10-18-31-21-26)30(34)32-20-23-11-6-4-7-12-23;/h3,5-6,8-19,21-22,29H,4,7,20H2,1-2H3,(H,32,34);. The average molecular weight is 501 g/mol. The van der Waals surface area contributed by atoms with Crippen LogP contribution in [0.15, 0.2) is 96.9 Å². The van der Waals surface area contributed by atoms with E-state index in [1.807, 2.05) is 23.1 Å². The van der Waals surface area contributed by atoms with Crippen LogP contribution in [0.25, 0.3) is 11.1 Å². The van der Waals surface area contributed by atoms with Gasteiger partial charge in [0.25, 0.3) is 0 Å². The molecule has 1 aromatic heterocycles. The minimum atomic E-state index is -0.542. The van der Waals surface area contributed by atoms with Crippen LogP contribution in [0.4, 0.5) is 5.69 Å². The maximum atomic E-state index is 13.7. The fraction of sp³-hybridized carbons (Fsp3) is 0.233. The van der Waals surface area contributed by atoms with E-state index in [1.165, 1.54) is 16.7 Å². The predicted octanol–water partition coefficient (Wildman–Crippen LogP) is 6.12. The summed E-state index contributed by atoms with van der Waals surface area (Å²) in [5.74, 6) is 0.223. The van der Waals surface area contributed by atoms with E-state index in [2.05, 4.69) is 107 Å². The molecule has 2 aromatic carbocycles. The van der Waals surface area contributed by atoms with Crippen molar-refractivity contribution in [2.45, 2.75) is 38.6 Å². The fourth-order valence-electron chi connectivity index (χ4n) is 4.39. The van der Waals surface area contributed by atoms with Gasteiger partial charge in [-0.3, -0.25) is 0 Å². The fourth-order valence-corrected chi connectivity index (χ4v) is 4.79. The zero-order valence-electron chi connectivity index (χ0n) is 20.3. The molecule has 5 heteroatoms. The van der Waals surface area contributed by atoms with Gasteiger partial charge < -0.3 is 0 Å². The summed E-state index contributed by atoms with van der Waals surface area (Å²) in [5.41, 5.74) is 6.55. The molecule has 4 nitrogen and oxygen atoms in total. The van der Waals surface area contributed by atoms with Gasteiger partial charge in [0, 0.05) is 0 Å². The van der Waals surface area contributed by atoms with Crippen LogP contribution in [0, 0.1) is 0 Å². The summed E-state index contributed by atoms with van der Waals surface area (Å²) in [4.78, 5) is 22.0. The number of anilines is 1. The predicted molar refractivity (Wildman–Crippen MR) is 141 cm³/mol. The third-order valence-corrected chi connectivity index (χ3v) is 6.61. The third kappa shape index (κ3) is 6.08. The Balaban J connectivity index is 1.71. The number of nitrogens with zero attached hydrogens (tertiary/aromatic N) is 2. The number of hydrogen-bond acceptors (Lipinski definition) is 3. The van der Waals surface area contributed by atoms with E-state index < -0.39 is 6.04 Å². The number of aromatic nitrogens is 1. The number of nitrogens with one attached hydrogen (secondary N) is 1. The molecule has 0 radical (unpaired) electrons. The van der Waals surface area contributed by atoms with Crippen LogP contribution in [0.3, 0.4) is 0 Å². The number of carbonyl (C=O) groups excluding carboxylic acids is 1. The van der Waals surface area contributed by atoms with Crippen molar-refractivity contribution in [2.75, 3.05) is 11.4 Å². The number of rotatable bonds is 9. The molecule has 177 valence electrons. The molecule has 1 aliphatic rings. The van der Waals surface area contributed by atoms with E-state index in [0.717, 1.165) is 29.7 Å². The molecule has 0 saturated carbocycles. The third-order valence-electron chi connectivity index (χ3n) is 6.22. The zero-order valence-corrected chi connectivity index (χ0v) is 21.7. The molecule has 0 fully saturated rings. The molecule has 1 heterocycles. The maximum absolute atomic E-state index is 13.7. The summed E-state index contributed by atoms with van der Waals surface area (Å²) in [5, 5.41) is 3.17. The topological polar surface area (TPSA) is 45.2 Å². The molecule has 1 aliphatic carbocycles. The van der Waals surface area contributed by atoms with Crippen LogP contribution in [0.2, 0.25) is 0 Å². The van der Waals surface area contributed by atoms with Gasteiger partial charge in [0.15, 0.2) is 0 Å². The molecule has 1 amide bonds. The van der Waals surface area contributed by atoms with E-state index >= 15 is 0 Å². The van der Waals surface area contributed by atoms with Crippen LogP contribution in [-0.4, -0.2) is 22.3 Å². The Kier molecular flexibility index (Phi) is 8.52. The first kappa shape index (κ1) is 24.9. The van der Waals surface area contributed by atoms with Crippen LogP contribution in [0.1, 0.15) is 49.8 Å². The van der Waals surface area contributed by atoms with E-state index in [0.29, 0.717) is 6.54 Å². The molecule has 1 atom stereocenters.